The third-order valence-electron chi connectivity index (χ3n) is 4.83. The zero-order valence-electron chi connectivity index (χ0n) is 19.4. The molecule has 2 rings (SSSR count). The van der Waals surface area contributed by atoms with Gasteiger partial charge in [0, 0.05) is 19.2 Å². The number of carbonyl (C=O) groups excluding carboxylic acids is 2. The molecule has 0 radical (unpaired) electrons. The molecule has 11 heteroatoms. The van der Waals surface area contributed by atoms with Gasteiger partial charge < -0.3 is 24.3 Å². The predicted molar refractivity (Wildman–Crippen MR) is 124 cm³/mol. The van der Waals surface area contributed by atoms with Crippen LogP contribution in [0.3, 0.4) is 0 Å². The van der Waals surface area contributed by atoms with Crippen molar-refractivity contribution in [1.29, 1.82) is 0 Å². The molecule has 0 fully saturated rings. The average molecular weight is 481 g/mol. The van der Waals surface area contributed by atoms with Crippen molar-refractivity contribution >= 4 is 33.3 Å². The predicted octanol–water partition coefficient (Wildman–Crippen LogP) is 2.68. The van der Waals surface area contributed by atoms with Crippen LogP contribution < -0.4 is 23.8 Å². The number of anilines is 2. The van der Waals surface area contributed by atoms with Gasteiger partial charge in [-0.05, 0) is 30.7 Å². The maximum Gasteiger partial charge on any atom is 0.340 e. The van der Waals surface area contributed by atoms with Crippen molar-refractivity contribution in [3.05, 3.63) is 42.0 Å². The van der Waals surface area contributed by atoms with Crippen LogP contribution in [0, 0.1) is 0 Å². The topological polar surface area (TPSA) is 120 Å². The minimum atomic E-state index is -3.40. The number of hydrogen-bond donors (Lipinski definition) is 1. The lowest BCUT2D eigenvalue weighted by Gasteiger charge is -2.20. The summed E-state index contributed by atoms with van der Waals surface area (Å²) in [5.41, 5.74) is 0.721. The Labute approximate surface area is 193 Å². The second kappa shape index (κ2) is 10.9. The van der Waals surface area contributed by atoms with Crippen LogP contribution in [0.4, 0.5) is 11.4 Å². The molecule has 2 aromatic rings. The maximum absolute atomic E-state index is 12.9. The van der Waals surface area contributed by atoms with Crippen molar-refractivity contribution in [2.75, 3.05) is 44.3 Å². The van der Waals surface area contributed by atoms with Crippen LogP contribution in [0.2, 0.25) is 0 Å². The minimum absolute atomic E-state index is 0.0894. The zero-order chi connectivity index (χ0) is 24.8. The Morgan fingerprint density at radius 3 is 2.09 bits per heavy atom. The molecule has 33 heavy (non-hydrogen) atoms. The first-order chi connectivity index (χ1) is 15.5. The standard InChI is InChI=1S/C22H28N2O8S/c1-7-18(32-15-10-8-14(9-11-15)24(2)33(6,27)28)21(25)23-17-13-20(30-4)19(29-3)12-16(17)22(26)31-5/h8-13,18H,7H2,1-6H3,(H,23,25)/t18-/m1/s1. The zero-order valence-corrected chi connectivity index (χ0v) is 20.2. The summed E-state index contributed by atoms with van der Waals surface area (Å²) in [5.74, 6) is -0.153. The molecule has 1 atom stereocenters. The molecular formula is C22H28N2O8S. The number of nitrogens with one attached hydrogen (secondary N) is 1. The van der Waals surface area contributed by atoms with Gasteiger partial charge in [0.2, 0.25) is 10.0 Å². The van der Waals surface area contributed by atoms with Crippen molar-refractivity contribution in [1.82, 2.24) is 0 Å². The summed E-state index contributed by atoms with van der Waals surface area (Å²) in [6, 6.07) is 9.17. The smallest absolute Gasteiger partial charge is 0.340 e. The highest BCUT2D eigenvalue weighted by Gasteiger charge is 2.24. The van der Waals surface area contributed by atoms with Gasteiger partial charge >= 0.3 is 5.97 Å². The molecule has 0 saturated carbocycles. The Morgan fingerprint density at radius 2 is 1.61 bits per heavy atom. The number of rotatable bonds is 10. The largest absolute Gasteiger partial charge is 0.493 e. The molecule has 0 aliphatic carbocycles. The normalized spacial score (nSPS) is 11.8. The molecule has 0 aromatic heterocycles. The van der Waals surface area contributed by atoms with Crippen LogP contribution in [0.1, 0.15) is 23.7 Å². The first-order valence-corrected chi connectivity index (χ1v) is 11.8. The van der Waals surface area contributed by atoms with E-state index in [1.807, 2.05) is 0 Å². The quantitative estimate of drug-likeness (QED) is 0.516. The number of sulfonamides is 1. The van der Waals surface area contributed by atoms with Gasteiger partial charge in [-0.3, -0.25) is 9.10 Å². The van der Waals surface area contributed by atoms with Crippen molar-refractivity contribution in [3.8, 4) is 17.2 Å². The molecule has 2 aromatic carbocycles. The summed E-state index contributed by atoms with van der Waals surface area (Å²) in [7, 11) is 2.13. The fraction of sp³-hybridized carbons (Fsp3) is 0.364. The highest BCUT2D eigenvalue weighted by molar-refractivity contribution is 7.92. The monoisotopic (exact) mass is 480 g/mol. The molecule has 0 aliphatic heterocycles. The van der Waals surface area contributed by atoms with Crippen LogP contribution >= 0.6 is 0 Å². The molecule has 1 amide bonds. The number of nitrogens with zero attached hydrogens (tertiary/aromatic N) is 1. The van der Waals surface area contributed by atoms with E-state index in [1.165, 1.54) is 40.5 Å². The minimum Gasteiger partial charge on any atom is -0.493 e. The Kier molecular flexibility index (Phi) is 8.52. The van der Waals surface area contributed by atoms with Crippen molar-refractivity contribution < 1.29 is 37.0 Å². The van der Waals surface area contributed by atoms with Crippen molar-refractivity contribution in [2.24, 2.45) is 0 Å². The number of esters is 1. The molecule has 180 valence electrons. The van der Waals surface area contributed by atoms with Crippen LogP contribution in [0.5, 0.6) is 17.2 Å². The number of benzene rings is 2. The summed E-state index contributed by atoms with van der Waals surface area (Å²) in [4.78, 5) is 25.1. The Balaban J connectivity index is 2.25. The molecule has 1 N–H and O–H groups in total. The molecule has 0 saturated heterocycles. The van der Waals surface area contributed by atoms with Crippen LogP contribution in [0.25, 0.3) is 0 Å². The Morgan fingerprint density at radius 1 is 1.03 bits per heavy atom. The fourth-order valence-corrected chi connectivity index (χ4v) is 3.39. The highest BCUT2D eigenvalue weighted by atomic mass is 32.2. The van der Waals surface area contributed by atoms with Crippen LogP contribution in [0.15, 0.2) is 36.4 Å². The molecule has 0 bridgehead atoms. The first kappa shape index (κ1) is 25.8. The Hall–Kier alpha value is -3.47. The van der Waals surface area contributed by atoms with Gasteiger partial charge in [0.1, 0.15) is 5.75 Å². The summed E-state index contributed by atoms with van der Waals surface area (Å²) in [5, 5.41) is 2.68. The number of amides is 1. The lowest BCUT2D eigenvalue weighted by Crippen LogP contribution is -2.33. The van der Waals surface area contributed by atoms with Gasteiger partial charge in [0.05, 0.1) is 44.5 Å². The summed E-state index contributed by atoms with van der Waals surface area (Å²) in [6.07, 6.45) is 0.547. The van der Waals surface area contributed by atoms with Gasteiger partial charge in [-0.2, -0.15) is 0 Å². The number of hydrogen-bond acceptors (Lipinski definition) is 8. The molecule has 0 unspecified atom stereocenters. The molecule has 10 nitrogen and oxygen atoms in total. The van der Waals surface area contributed by atoms with E-state index in [1.54, 1.807) is 31.2 Å². The second-order valence-electron chi connectivity index (χ2n) is 6.97. The van der Waals surface area contributed by atoms with E-state index in [4.69, 9.17) is 18.9 Å². The number of carbonyl (C=O) groups is 2. The lowest BCUT2D eigenvalue weighted by molar-refractivity contribution is -0.122. The van der Waals surface area contributed by atoms with E-state index in [0.717, 1.165) is 10.6 Å². The molecule has 0 aliphatic rings. The first-order valence-electron chi connectivity index (χ1n) is 9.91. The second-order valence-corrected chi connectivity index (χ2v) is 8.99. The van der Waals surface area contributed by atoms with Crippen molar-refractivity contribution in [2.45, 2.75) is 19.4 Å². The highest BCUT2D eigenvalue weighted by Crippen LogP contribution is 2.34. The summed E-state index contributed by atoms with van der Waals surface area (Å²) in [6.45, 7) is 1.77. The maximum atomic E-state index is 12.9. The molecule has 0 heterocycles. The third-order valence-corrected chi connectivity index (χ3v) is 6.03. The van der Waals surface area contributed by atoms with Crippen molar-refractivity contribution in [3.63, 3.8) is 0 Å². The summed E-state index contributed by atoms with van der Waals surface area (Å²) < 4.78 is 45.6. The van der Waals surface area contributed by atoms with Crippen LogP contribution in [-0.4, -0.2) is 61.0 Å². The van der Waals surface area contributed by atoms with Gasteiger partial charge in [0.25, 0.3) is 5.91 Å². The van der Waals surface area contributed by atoms with E-state index in [-0.39, 0.29) is 11.3 Å². The number of ether oxygens (including phenoxy) is 4. The number of methoxy groups -OCH3 is 3. The van der Waals surface area contributed by atoms with E-state index in [9.17, 15) is 18.0 Å². The van der Waals surface area contributed by atoms with Gasteiger partial charge in [-0.1, -0.05) is 6.92 Å². The van der Waals surface area contributed by atoms with E-state index in [0.29, 0.717) is 29.4 Å². The van der Waals surface area contributed by atoms with E-state index < -0.39 is 28.0 Å². The van der Waals surface area contributed by atoms with E-state index >= 15 is 0 Å². The van der Waals surface area contributed by atoms with Gasteiger partial charge in [-0.15, -0.1) is 0 Å². The lowest BCUT2D eigenvalue weighted by atomic mass is 10.1. The Bertz CT molecular complexity index is 1100. The fourth-order valence-electron chi connectivity index (χ4n) is 2.89. The SMILES string of the molecule is CC[C@@H](Oc1ccc(N(C)S(C)(=O)=O)cc1)C(=O)Nc1cc(OC)c(OC)cc1C(=O)OC. The van der Waals surface area contributed by atoms with Gasteiger partial charge in [0.15, 0.2) is 17.6 Å². The molecular weight excluding hydrogens is 452 g/mol. The van der Waals surface area contributed by atoms with Crippen LogP contribution in [-0.2, 0) is 19.6 Å². The third kappa shape index (κ3) is 6.28. The average Bonchev–Trinajstić information content (AvgIpc) is 2.80. The molecule has 0 spiro atoms. The van der Waals surface area contributed by atoms with E-state index in [2.05, 4.69) is 5.32 Å². The summed E-state index contributed by atoms with van der Waals surface area (Å²) >= 11 is 0. The van der Waals surface area contributed by atoms with Gasteiger partial charge in [-0.25, -0.2) is 13.2 Å².